The molecule has 3 atom stereocenters. The zero-order valence-corrected chi connectivity index (χ0v) is 12.7. The molecule has 6 heteroatoms. The maximum absolute atomic E-state index is 12.8. The lowest BCUT2D eigenvalue weighted by Crippen LogP contribution is -2.54. The van der Waals surface area contributed by atoms with Crippen LogP contribution in [-0.2, 0) is 4.79 Å². The summed E-state index contributed by atoms with van der Waals surface area (Å²) >= 11 is 0. The summed E-state index contributed by atoms with van der Waals surface area (Å²) in [6.07, 6.45) is 5.23. The van der Waals surface area contributed by atoms with Crippen LogP contribution in [0.5, 0.6) is 0 Å². The fourth-order valence-electron chi connectivity index (χ4n) is 3.98. The summed E-state index contributed by atoms with van der Waals surface area (Å²) in [5, 5.41) is 12.7. The lowest BCUT2D eigenvalue weighted by Gasteiger charge is -2.37. The first-order chi connectivity index (χ1) is 10.0. The number of hydrogen-bond acceptors (Lipinski definition) is 4. The van der Waals surface area contributed by atoms with Gasteiger partial charge in [0.25, 0.3) is 5.91 Å². The molecule has 6 nitrogen and oxygen atoms in total. The van der Waals surface area contributed by atoms with Crippen LogP contribution in [0, 0.1) is 5.92 Å². The number of aliphatic hydroxyl groups excluding tert-OH is 1. The minimum atomic E-state index is -0.677. The Morgan fingerprint density at radius 1 is 1.29 bits per heavy atom. The van der Waals surface area contributed by atoms with Crippen LogP contribution in [0.2, 0.25) is 0 Å². The van der Waals surface area contributed by atoms with Crippen molar-refractivity contribution in [3.05, 3.63) is 0 Å². The number of urea groups is 1. The maximum Gasteiger partial charge on any atom is 0.326 e. The van der Waals surface area contributed by atoms with Crippen LogP contribution in [0.25, 0.3) is 0 Å². The number of carbonyl (C=O) groups excluding carboxylic acids is 2. The van der Waals surface area contributed by atoms with E-state index in [-0.39, 0.29) is 24.0 Å². The van der Waals surface area contributed by atoms with Crippen molar-refractivity contribution in [3.63, 3.8) is 0 Å². The molecule has 2 saturated heterocycles. The number of β-amino-alcohol motifs (C(OH)–C–C–N with tert-alkyl or cyclic N) is 1. The van der Waals surface area contributed by atoms with Crippen molar-refractivity contribution in [3.8, 4) is 0 Å². The SMILES string of the molecule is C[C@@H]1CCCC[C@@]12NC(=O)N(CN1CCC[C@H](O)C1)C2=O. The summed E-state index contributed by atoms with van der Waals surface area (Å²) in [7, 11) is 0. The second kappa shape index (κ2) is 5.57. The predicted molar refractivity (Wildman–Crippen MR) is 77.4 cm³/mol. The summed E-state index contributed by atoms with van der Waals surface area (Å²) in [6.45, 7) is 3.73. The topological polar surface area (TPSA) is 72.9 Å². The van der Waals surface area contributed by atoms with Crippen LogP contribution < -0.4 is 5.32 Å². The molecule has 0 unspecified atom stereocenters. The Bertz CT molecular complexity index is 442. The van der Waals surface area contributed by atoms with E-state index in [9.17, 15) is 14.7 Å². The first-order valence-corrected chi connectivity index (χ1v) is 8.07. The molecule has 0 aromatic carbocycles. The number of nitrogens with one attached hydrogen (secondary N) is 1. The van der Waals surface area contributed by atoms with Crippen molar-refractivity contribution in [1.82, 2.24) is 15.1 Å². The Morgan fingerprint density at radius 2 is 2.10 bits per heavy atom. The van der Waals surface area contributed by atoms with Gasteiger partial charge in [-0.25, -0.2) is 9.69 Å². The molecule has 1 saturated carbocycles. The maximum atomic E-state index is 12.8. The molecule has 2 heterocycles. The minimum absolute atomic E-state index is 0.0697. The van der Waals surface area contributed by atoms with Crippen molar-refractivity contribution in [2.75, 3.05) is 19.8 Å². The molecule has 3 aliphatic rings. The molecule has 118 valence electrons. The number of carbonyl (C=O) groups is 2. The molecule has 3 fully saturated rings. The average Bonchev–Trinajstić information content (AvgIpc) is 2.68. The molecule has 3 amide bonds. The molecule has 2 aliphatic heterocycles. The second-order valence-electron chi connectivity index (χ2n) is 6.80. The Hall–Kier alpha value is -1.14. The van der Waals surface area contributed by atoms with E-state index in [2.05, 4.69) is 12.2 Å². The number of rotatable bonds is 2. The molecular formula is C15H25N3O3. The molecule has 21 heavy (non-hydrogen) atoms. The van der Waals surface area contributed by atoms with Gasteiger partial charge in [0.2, 0.25) is 0 Å². The third kappa shape index (κ3) is 2.55. The van der Waals surface area contributed by atoms with Crippen molar-refractivity contribution in [2.45, 2.75) is 57.1 Å². The first-order valence-electron chi connectivity index (χ1n) is 8.07. The number of nitrogens with zero attached hydrogens (tertiary/aromatic N) is 2. The molecule has 0 bridgehead atoms. The molecular weight excluding hydrogens is 270 g/mol. The highest BCUT2D eigenvalue weighted by molar-refractivity contribution is 6.07. The number of aliphatic hydroxyl groups is 1. The minimum Gasteiger partial charge on any atom is -0.392 e. The fraction of sp³-hybridized carbons (Fsp3) is 0.867. The van der Waals surface area contributed by atoms with Gasteiger partial charge in [-0.15, -0.1) is 0 Å². The highest BCUT2D eigenvalue weighted by atomic mass is 16.3. The van der Waals surface area contributed by atoms with E-state index >= 15 is 0 Å². The van der Waals surface area contributed by atoms with Crippen LogP contribution in [0.1, 0.15) is 45.4 Å². The molecule has 2 N–H and O–H groups in total. The summed E-state index contributed by atoms with van der Waals surface area (Å²) in [5.41, 5.74) is -0.677. The van der Waals surface area contributed by atoms with Gasteiger partial charge in [0.15, 0.2) is 0 Å². The van der Waals surface area contributed by atoms with Gasteiger partial charge in [-0.3, -0.25) is 9.69 Å². The summed E-state index contributed by atoms with van der Waals surface area (Å²) in [5.74, 6) is 0.124. The summed E-state index contributed by atoms with van der Waals surface area (Å²) in [6, 6.07) is -0.270. The Kier molecular flexibility index (Phi) is 3.92. The predicted octanol–water partition coefficient (Wildman–Crippen LogP) is 0.901. The quantitative estimate of drug-likeness (QED) is 0.743. The molecule has 3 rings (SSSR count). The van der Waals surface area contributed by atoms with Crippen molar-refractivity contribution >= 4 is 11.9 Å². The van der Waals surface area contributed by atoms with Crippen LogP contribution in [0.3, 0.4) is 0 Å². The Morgan fingerprint density at radius 3 is 2.81 bits per heavy atom. The lowest BCUT2D eigenvalue weighted by atomic mass is 9.73. The van der Waals surface area contributed by atoms with Crippen LogP contribution in [-0.4, -0.2) is 58.2 Å². The van der Waals surface area contributed by atoms with Gasteiger partial charge in [-0.2, -0.15) is 0 Å². The normalized spacial score (nSPS) is 38.1. The van der Waals surface area contributed by atoms with Crippen LogP contribution in [0.15, 0.2) is 0 Å². The third-order valence-electron chi connectivity index (χ3n) is 5.32. The number of amides is 3. The van der Waals surface area contributed by atoms with Crippen molar-refractivity contribution < 1.29 is 14.7 Å². The fourth-order valence-corrected chi connectivity index (χ4v) is 3.98. The zero-order valence-electron chi connectivity index (χ0n) is 12.7. The third-order valence-corrected chi connectivity index (χ3v) is 5.32. The summed E-state index contributed by atoms with van der Waals surface area (Å²) < 4.78 is 0. The Balaban J connectivity index is 1.71. The highest BCUT2D eigenvalue weighted by Gasteiger charge is 2.55. The first kappa shape index (κ1) is 14.8. The van der Waals surface area contributed by atoms with Gasteiger partial charge in [0, 0.05) is 13.1 Å². The lowest BCUT2D eigenvalue weighted by molar-refractivity contribution is -0.136. The molecule has 0 radical (unpaired) electrons. The van der Waals surface area contributed by atoms with E-state index in [1.807, 2.05) is 4.90 Å². The zero-order chi connectivity index (χ0) is 15.0. The molecule has 0 aromatic heterocycles. The van der Waals surface area contributed by atoms with Crippen molar-refractivity contribution in [2.24, 2.45) is 5.92 Å². The molecule has 1 spiro atoms. The standard InChI is InChI=1S/C15H25N3O3/c1-11-5-2-3-7-15(11)13(20)18(14(21)16-15)10-17-8-4-6-12(19)9-17/h11-12,19H,2-10H2,1H3,(H,16,21)/t11-,12+,15-/m1/s1. The van der Waals surface area contributed by atoms with E-state index in [0.717, 1.165) is 45.1 Å². The van der Waals surface area contributed by atoms with Gasteiger partial charge >= 0.3 is 6.03 Å². The van der Waals surface area contributed by atoms with E-state index in [1.54, 1.807) is 0 Å². The average molecular weight is 295 g/mol. The number of piperidine rings is 1. The number of imide groups is 1. The van der Waals surface area contributed by atoms with Gasteiger partial charge in [0.1, 0.15) is 5.54 Å². The molecule has 1 aliphatic carbocycles. The number of hydrogen-bond donors (Lipinski definition) is 2. The van der Waals surface area contributed by atoms with E-state index in [0.29, 0.717) is 13.2 Å². The highest BCUT2D eigenvalue weighted by Crippen LogP contribution is 2.38. The smallest absolute Gasteiger partial charge is 0.326 e. The van der Waals surface area contributed by atoms with Crippen molar-refractivity contribution in [1.29, 1.82) is 0 Å². The van der Waals surface area contributed by atoms with E-state index in [4.69, 9.17) is 0 Å². The van der Waals surface area contributed by atoms with Crippen LogP contribution >= 0.6 is 0 Å². The van der Waals surface area contributed by atoms with E-state index in [1.165, 1.54) is 4.90 Å². The van der Waals surface area contributed by atoms with E-state index < -0.39 is 5.54 Å². The Labute approximate surface area is 125 Å². The monoisotopic (exact) mass is 295 g/mol. The van der Waals surface area contributed by atoms with Gasteiger partial charge in [-0.1, -0.05) is 19.8 Å². The molecule has 0 aromatic rings. The van der Waals surface area contributed by atoms with Crippen LogP contribution in [0.4, 0.5) is 4.79 Å². The summed E-state index contributed by atoms with van der Waals surface area (Å²) in [4.78, 5) is 28.4. The number of likely N-dealkylation sites (tertiary alicyclic amines) is 1. The van der Waals surface area contributed by atoms with Gasteiger partial charge in [-0.05, 0) is 31.6 Å². The van der Waals surface area contributed by atoms with Gasteiger partial charge < -0.3 is 10.4 Å². The van der Waals surface area contributed by atoms with Gasteiger partial charge in [0.05, 0.1) is 12.8 Å². The largest absolute Gasteiger partial charge is 0.392 e. The second-order valence-corrected chi connectivity index (χ2v) is 6.80.